The largest absolute Gasteiger partial charge is 0.468 e. The average molecular weight is 313 g/mol. The van der Waals surface area contributed by atoms with Crippen molar-refractivity contribution >= 4 is 11.7 Å². The van der Waals surface area contributed by atoms with Crippen LogP contribution in [0.3, 0.4) is 0 Å². The van der Waals surface area contributed by atoms with E-state index in [4.69, 9.17) is 13.9 Å². The summed E-state index contributed by atoms with van der Waals surface area (Å²) in [6, 6.07) is 13.3. The number of cyclic esters (lactones) is 1. The quantitative estimate of drug-likeness (QED) is 0.812. The number of rotatable bonds is 6. The predicted molar refractivity (Wildman–Crippen MR) is 86.1 cm³/mol. The summed E-state index contributed by atoms with van der Waals surface area (Å²) in [6.45, 7) is 4.92. The van der Waals surface area contributed by atoms with Gasteiger partial charge < -0.3 is 13.9 Å². The molecule has 2 aromatic rings. The minimum atomic E-state index is -0.328. The molecular weight excluding hydrogens is 294 g/mol. The number of methoxy groups -OCH3 is 1. The normalized spacial score (nSPS) is 17.2. The summed E-state index contributed by atoms with van der Waals surface area (Å²) in [7, 11) is 1.54. The molecule has 1 unspecified atom stereocenters. The first-order valence-corrected chi connectivity index (χ1v) is 7.49. The van der Waals surface area contributed by atoms with E-state index in [0.29, 0.717) is 24.7 Å². The Hall–Kier alpha value is -2.69. The van der Waals surface area contributed by atoms with Crippen LogP contribution in [0.5, 0.6) is 5.95 Å². The van der Waals surface area contributed by atoms with E-state index in [2.05, 4.69) is 6.58 Å². The van der Waals surface area contributed by atoms with E-state index in [9.17, 15) is 4.79 Å². The van der Waals surface area contributed by atoms with Gasteiger partial charge in [-0.3, -0.25) is 4.90 Å². The maximum atomic E-state index is 12.0. The van der Waals surface area contributed by atoms with E-state index in [0.717, 1.165) is 11.1 Å². The molecule has 1 aromatic heterocycles. The molecular formula is C18H19NO4. The second-order valence-corrected chi connectivity index (χ2v) is 5.37. The van der Waals surface area contributed by atoms with Crippen LogP contribution in [0.25, 0.3) is 5.57 Å². The molecule has 0 radical (unpaired) electrons. The smallest absolute Gasteiger partial charge is 0.410 e. The van der Waals surface area contributed by atoms with Crippen LogP contribution in [-0.2, 0) is 4.74 Å². The number of hydrogen-bond donors (Lipinski definition) is 0. The summed E-state index contributed by atoms with van der Waals surface area (Å²) in [6.07, 6.45) is 0.346. The topological polar surface area (TPSA) is 51.9 Å². The molecule has 5 heteroatoms. The van der Waals surface area contributed by atoms with E-state index < -0.39 is 0 Å². The third kappa shape index (κ3) is 3.23. The van der Waals surface area contributed by atoms with Crippen LogP contribution in [0.2, 0.25) is 0 Å². The van der Waals surface area contributed by atoms with Crippen molar-refractivity contribution in [1.82, 2.24) is 4.90 Å². The molecule has 1 atom stereocenters. The maximum Gasteiger partial charge on any atom is 0.410 e. The summed E-state index contributed by atoms with van der Waals surface area (Å²) in [4.78, 5) is 13.7. The molecule has 1 saturated heterocycles. The first kappa shape index (κ1) is 15.2. The zero-order valence-corrected chi connectivity index (χ0v) is 13.0. The Morgan fingerprint density at radius 2 is 2.09 bits per heavy atom. The van der Waals surface area contributed by atoms with Gasteiger partial charge in [-0.15, -0.1) is 0 Å². The highest BCUT2D eigenvalue weighted by molar-refractivity contribution is 5.71. The van der Waals surface area contributed by atoms with Gasteiger partial charge in [-0.05, 0) is 23.6 Å². The van der Waals surface area contributed by atoms with E-state index in [1.165, 1.54) is 0 Å². The van der Waals surface area contributed by atoms with Crippen molar-refractivity contribution in [3.8, 4) is 5.95 Å². The minimum Gasteiger partial charge on any atom is -0.468 e. The Bertz CT molecular complexity index is 692. The molecule has 5 nitrogen and oxygen atoms in total. The van der Waals surface area contributed by atoms with Crippen LogP contribution in [-0.4, -0.2) is 31.3 Å². The van der Waals surface area contributed by atoms with Crippen molar-refractivity contribution in [2.45, 2.75) is 12.5 Å². The van der Waals surface area contributed by atoms with Gasteiger partial charge in [-0.1, -0.05) is 36.9 Å². The van der Waals surface area contributed by atoms with Crippen LogP contribution >= 0.6 is 0 Å². The van der Waals surface area contributed by atoms with Crippen molar-refractivity contribution < 1.29 is 18.7 Å². The lowest BCUT2D eigenvalue weighted by Crippen LogP contribution is -2.28. The summed E-state index contributed by atoms with van der Waals surface area (Å²) in [5.41, 5.74) is 2.07. The molecule has 0 spiro atoms. The summed E-state index contributed by atoms with van der Waals surface area (Å²) in [5, 5.41) is 0. The fourth-order valence-corrected chi connectivity index (χ4v) is 2.63. The third-order valence-electron chi connectivity index (χ3n) is 3.94. The highest BCUT2D eigenvalue weighted by Crippen LogP contribution is 2.32. The Balaban J connectivity index is 1.67. The Labute approximate surface area is 135 Å². The second kappa shape index (κ2) is 6.60. The molecule has 0 bridgehead atoms. The van der Waals surface area contributed by atoms with Crippen molar-refractivity contribution in [1.29, 1.82) is 0 Å². The summed E-state index contributed by atoms with van der Waals surface area (Å²) in [5.74, 6) is 1.09. The van der Waals surface area contributed by atoms with Crippen molar-refractivity contribution in [2.24, 2.45) is 0 Å². The van der Waals surface area contributed by atoms with Crippen LogP contribution in [0.4, 0.5) is 4.79 Å². The molecule has 23 heavy (non-hydrogen) atoms. The van der Waals surface area contributed by atoms with Crippen molar-refractivity contribution in [3.05, 3.63) is 60.4 Å². The van der Waals surface area contributed by atoms with Crippen LogP contribution < -0.4 is 4.74 Å². The fourth-order valence-electron chi connectivity index (χ4n) is 2.63. The number of benzene rings is 1. The Morgan fingerprint density at radius 1 is 1.30 bits per heavy atom. The number of nitrogens with zero attached hydrogens (tertiary/aromatic N) is 1. The van der Waals surface area contributed by atoms with E-state index in [-0.39, 0.29) is 18.7 Å². The fraction of sp³-hybridized carbons (Fsp3) is 0.278. The van der Waals surface area contributed by atoms with Crippen LogP contribution in [0.1, 0.15) is 23.8 Å². The van der Waals surface area contributed by atoms with Crippen LogP contribution in [0.15, 0.2) is 53.5 Å². The highest BCUT2D eigenvalue weighted by Gasteiger charge is 2.36. The number of carbonyl (C=O) groups excluding carboxylic acids is 1. The Morgan fingerprint density at radius 3 is 2.78 bits per heavy atom. The van der Waals surface area contributed by atoms with Gasteiger partial charge in [0, 0.05) is 12.6 Å². The van der Waals surface area contributed by atoms with Crippen molar-refractivity contribution in [2.75, 3.05) is 20.3 Å². The number of furan rings is 1. The van der Waals surface area contributed by atoms with Gasteiger partial charge >= 0.3 is 6.09 Å². The SMILES string of the molecule is C=C(CCN1C(=O)OCC1c1ccc(OC)o1)c1ccccc1. The van der Waals surface area contributed by atoms with Gasteiger partial charge in [-0.25, -0.2) is 4.79 Å². The minimum absolute atomic E-state index is 0.227. The molecule has 1 aromatic carbocycles. The average Bonchev–Trinajstić information content (AvgIpc) is 3.20. The predicted octanol–water partition coefficient (Wildman–Crippen LogP) is 3.89. The molecule has 2 heterocycles. The molecule has 3 rings (SSSR count). The standard InChI is InChI=1S/C18H19NO4/c1-13(14-6-4-3-5-7-14)10-11-19-15(12-22-18(19)20)16-8-9-17(21-2)23-16/h3-9,15H,1,10-12H2,2H3. The number of amides is 1. The zero-order valence-electron chi connectivity index (χ0n) is 13.0. The maximum absolute atomic E-state index is 12.0. The number of hydrogen-bond acceptors (Lipinski definition) is 4. The molecule has 0 aliphatic carbocycles. The van der Waals surface area contributed by atoms with Gasteiger partial charge in [0.2, 0.25) is 0 Å². The lowest BCUT2D eigenvalue weighted by Gasteiger charge is -2.20. The second-order valence-electron chi connectivity index (χ2n) is 5.37. The van der Waals surface area contributed by atoms with Gasteiger partial charge in [0.15, 0.2) is 0 Å². The van der Waals surface area contributed by atoms with E-state index in [1.54, 1.807) is 18.1 Å². The Kier molecular flexibility index (Phi) is 4.37. The van der Waals surface area contributed by atoms with Gasteiger partial charge in [0.05, 0.1) is 7.11 Å². The first-order chi connectivity index (χ1) is 11.2. The van der Waals surface area contributed by atoms with E-state index in [1.807, 2.05) is 36.4 Å². The van der Waals surface area contributed by atoms with E-state index >= 15 is 0 Å². The monoisotopic (exact) mass is 313 g/mol. The summed E-state index contributed by atoms with van der Waals surface area (Å²) < 4.78 is 15.8. The molecule has 0 saturated carbocycles. The molecule has 1 fully saturated rings. The summed E-state index contributed by atoms with van der Waals surface area (Å²) >= 11 is 0. The molecule has 1 amide bonds. The molecule has 120 valence electrons. The number of ether oxygens (including phenoxy) is 2. The molecule has 0 N–H and O–H groups in total. The zero-order chi connectivity index (χ0) is 16.2. The molecule has 1 aliphatic rings. The third-order valence-corrected chi connectivity index (χ3v) is 3.94. The van der Waals surface area contributed by atoms with Gasteiger partial charge in [0.1, 0.15) is 18.4 Å². The lowest BCUT2D eigenvalue weighted by atomic mass is 10.0. The number of carbonyl (C=O) groups is 1. The first-order valence-electron chi connectivity index (χ1n) is 7.49. The van der Waals surface area contributed by atoms with Crippen LogP contribution in [0, 0.1) is 0 Å². The lowest BCUT2D eigenvalue weighted by molar-refractivity contribution is 0.157. The van der Waals surface area contributed by atoms with Crippen molar-refractivity contribution in [3.63, 3.8) is 0 Å². The highest BCUT2D eigenvalue weighted by atomic mass is 16.6. The molecule has 1 aliphatic heterocycles. The van der Waals surface area contributed by atoms with Gasteiger partial charge in [0.25, 0.3) is 5.95 Å². The van der Waals surface area contributed by atoms with Gasteiger partial charge in [-0.2, -0.15) is 0 Å².